The van der Waals surface area contributed by atoms with Crippen LogP contribution < -0.4 is 0 Å². The number of nitriles is 1. The van der Waals surface area contributed by atoms with E-state index in [0.29, 0.717) is 12.0 Å². The molecule has 1 aromatic heterocycles. The Morgan fingerprint density at radius 2 is 1.94 bits per heavy atom. The summed E-state index contributed by atoms with van der Waals surface area (Å²) >= 11 is 0. The van der Waals surface area contributed by atoms with Crippen LogP contribution in [0.25, 0.3) is 11.1 Å². The summed E-state index contributed by atoms with van der Waals surface area (Å²) in [6, 6.07) is 10.3. The standard InChI is InChI=1S/C13H9FN2/c14-13-2-1-10(3-6-15)9-12(13)11-4-7-16-8-5-11/h1-2,4-5,7-9H,3H2. The summed E-state index contributed by atoms with van der Waals surface area (Å²) in [5.41, 5.74) is 2.10. The second kappa shape index (κ2) is 4.54. The Hall–Kier alpha value is -2.21. The average molecular weight is 212 g/mol. The fourth-order valence-corrected chi connectivity index (χ4v) is 1.53. The van der Waals surface area contributed by atoms with Crippen LogP contribution in [-0.2, 0) is 6.42 Å². The molecule has 0 aliphatic carbocycles. The van der Waals surface area contributed by atoms with Crippen molar-refractivity contribution in [3.63, 3.8) is 0 Å². The Labute approximate surface area is 93.0 Å². The van der Waals surface area contributed by atoms with E-state index in [-0.39, 0.29) is 5.82 Å². The van der Waals surface area contributed by atoms with E-state index < -0.39 is 0 Å². The van der Waals surface area contributed by atoms with Crippen LogP contribution >= 0.6 is 0 Å². The molecule has 0 unspecified atom stereocenters. The summed E-state index contributed by atoms with van der Waals surface area (Å²) in [6.07, 6.45) is 3.52. The van der Waals surface area contributed by atoms with Crippen molar-refractivity contribution in [3.05, 3.63) is 54.1 Å². The van der Waals surface area contributed by atoms with Crippen LogP contribution in [0.5, 0.6) is 0 Å². The third kappa shape index (κ3) is 2.06. The molecule has 3 heteroatoms. The molecule has 0 radical (unpaired) electrons. The Balaban J connectivity index is 2.48. The van der Waals surface area contributed by atoms with Crippen LogP contribution in [0, 0.1) is 17.1 Å². The first kappa shape index (κ1) is 10.3. The lowest BCUT2D eigenvalue weighted by atomic mass is 10.0. The van der Waals surface area contributed by atoms with Crippen LogP contribution in [0.4, 0.5) is 4.39 Å². The van der Waals surface area contributed by atoms with Gasteiger partial charge in [0, 0.05) is 18.0 Å². The van der Waals surface area contributed by atoms with Crippen LogP contribution in [0.1, 0.15) is 5.56 Å². The van der Waals surface area contributed by atoms with Gasteiger partial charge in [-0.05, 0) is 35.4 Å². The number of benzene rings is 1. The highest BCUT2D eigenvalue weighted by atomic mass is 19.1. The number of pyridine rings is 1. The molecule has 0 aliphatic rings. The summed E-state index contributed by atoms with van der Waals surface area (Å²) in [5, 5.41) is 8.60. The molecular formula is C13H9FN2. The van der Waals surface area contributed by atoms with Gasteiger partial charge in [-0.15, -0.1) is 0 Å². The quantitative estimate of drug-likeness (QED) is 0.767. The second-order valence-corrected chi connectivity index (χ2v) is 3.38. The van der Waals surface area contributed by atoms with Gasteiger partial charge in [0.25, 0.3) is 0 Å². The zero-order valence-corrected chi connectivity index (χ0v) is 8.52. The molecular weight excluding hydrogens is 203 g/mol. The van der Waals surface area contributed by atoms with E-state index >= 15 is 0 Å². The monoisotopic (exact) mass is 212 g/mol. The number of rotatable bonds is 2. The molecule has 0 saturated heterocycles. The molecule has 2 aromatic rings. The van der Waals surface area contributed by atoms with Gasteiger partial charge < -0.3 is 0 Å². The first-order chi connectivity index (χ1) is 7.81. The third-order valence-electron chi connectivity index (χ3n) is 2.31. The van der Waals surface area contributed by atoms with E-state index in [1.165, 1.54) is 6.07 Å². The lowest BCUT2D eigenvalue weighted by molar-refractivity contribution is 0.630. The molecule has 0 amide bonds. The smallest absolute Gasteiger partial charge is 0.131 e. The third-order valence-corrected chi connectivity index (χ3v) is 2.31. The van der Waals surface area contributed by atoms with Gasteiger partial charge in [-0.25, -0.2) is 4.39 Å². The molecule has 0 N–H and O–H groups in total. The zero-order chi connectivity index (χ0) is 11.4. The van der Waals surface area contributed by atoms with Gasteiger partial charge in [-0.3, -0.25) is 4.98 Å². The fraction of sp³-hybridized carbons (Fsp3) is 0.0769. The van der Waals surface area contributed by atoms with Crippen molar-refractivity contribution in [2.24, 2.45) is 0 Å². The van der Waals surface area contributed by atoms with Gasteiger partial charge in [0.2, 0.25) is 0 Å². The zero-order valence-electron chi connectivity index (χ0n) is 8.52. The van der Waals surface area contributed by atoms with E-state index in [2.05, 4.69) is 4.98 Å². The van der Waals surface area contributed by atoms with Gasteiger partial charge in [0.1, 0.15) is 5.82 Å². The maximum atomic E-state index is 13.6. The number of aromatic nitrogens is 1. The van der Waals surface area contributed by atoms with Crippen molar-refractivity contribution in [3.8, 4) is 17.2 Å². The molecule has 78 valence electrons. The Morgan fingerprint density at radius 3 is 2.62 bits per heavy atom. The maximum absolute atomic E-state index is 13.6. The molecule has 2 nitrogen and oxygen atoms in total. The summed E-state index contributed by atoms with van der Waals surface area (Å²) in [4.78, 5) is 3.88. The summed E-state index contributed by atoms with van der Waals surface area (Å²) < 4.78 is 13.6. The van der Waals surface area contributed by atoms with Gasteiger partial charge in [0.15, 0.2) is 0 Å². The Kier molecular flexibility index (Phi) is 2.93. The fourth-order valence-electron chi connectivity index (χ4n) is 1.53. The molecule has 0 spiro atoms. The topological polar surface area (TPSA) is 36.7 Å². The molecule has 0 aliphatic heterocycles. The van der Waals surface area contributed by atoms with Gasteiger partial charge in [-0.2, -0.15) is 5.26 Å². The minimum absolute atomic E-state index is 0.284. The SMILES string of the molecule is N#CCc1ccc(F)c(-c2ccncc2)c1. The Morgan fingerprint density at radius 1 is 1.19 bits per heavy atom. The molecule has 1 aromatic carbocycles. The predicted molar refractivity (Wildman–Crippen MR) is 58.9 cm³/mol. The van der Waals surface area contributed by atoms with E-state index in [9.17, 15) is 4.39 Å². The maximum Gasteiger partial charge on any atom is 0.131 e. The van der Waals surface area contributed by atoms with Crippen molar-refractivity contribution in [1.29, 1.82) is 5.26 Å². The first-order valence-electron chi connectivity index (χ1n) is 4.87. The largest absolute Gasteiger partial charge is 0.265 e. The van der Waals surface area contributed by atoms with E-state index in [1.54, 1.807) is 36.7 Å². The lowest BCUT2D eigenvalue weighted by Crippen LogP contribution is -1.88. The van der Waals surface area contributed by atoms with Gasteiger partial charge in [-0.1, -0.05) is 6.07 Å². The summed E-state index contributed by atoms with van der Waals surface area (Å²) in [7, 11) is 0. The molecule has 1 heterocycles. The normalized spacial score (nSPS) is 9.75. The van der Waals surface area contributed by atoms with Crippen molar-refractivity contribution in [2.45, 2.75) is 6.42 Å². The minimum Gasteiger partial charge on any atom is -0.265 e. The van der Waals surface area contributed by atoms with Crippen molar-refractivity contribution in [2.75, 3.05) is 0 Å². The number of hydrogen-bond donors (Lipinski definition) is 0. The van der Waals surface area contributed by atoms with E-state index in [0.717, 1.165) is 11.1 Å². The van der Waals surface area contributed by atoms with E-state index in [4.69, 9.17) is 5.26 Å². The highest BCUT2D eigenvalue weighted by Gasteiger charge is 2.05. The van der Waals surface area contributed by atoms with Crippen molar-refractivity contribution >= 4 is 0 Å². The Bertz CT molecular complexity index is 529. The minimum atomic E-state index is -0.284. The molecule has 2 rings (SSSR count). The van der Waals surface area contributed by atoms with Gasteiger partial charge >= 0.3 is 0 Å². The number of hydrogen-bond acceptors (Lipinski definition) is 2. The molecule has 0 fully saturated rings. The van der Waals surface area contributed by atoms with Crippen molar-refractivity contribution < 1.29 is 4.39 Å². The molecule has 0 bridgehead atoms. The van der Waals surface area contributed by atoms with Gasteiger partial charge in [0.05, 0.1) is 12.5 Å². The summed E-state index contributed by atoms with van der Waals surface area (Å²) in [6.45, 7) is 0. The van der Waals surface area contributed by atoms with Crippen LogP contribution in [0.2, 0.25) is 0 Å². The first-order valence-corrected chi connectivity index (χ1v) is 4.87. The van der Waals surface area contributed by atoms with Crippen LogP contribution in [0.3, 0.4) is 0 Å². The average Bonchev–Trinajstić information content (AvgIpc) is 2.33. The van der Waals surface area contributed by atoms with E-state index in [1.807, 2.05) is 6.07 Å². The number of halogens is 1. The van der Waals surface area contributed by atoms with Crippen LogP contribution in [0.15, 0.2) is 42.7 Å². The summed E-state index contributed by atoms with van der Waals surface area (Å²) in [5.74, 6) is -0.284. The van der Waals surface area contributed by atoms with Crippen LogP contribution in [-0.4, -0.2) is 4.98 Å². The highest BCUT2D eigenvalue weighted by Crippen LogP contribution is 2.23. The molecule has 16 heavy (non-hydrogen) atoms. The second-order valence-electron chi connectivity index (χ2n) is 3.38. The highest BCUT2D eigenvalue weighted by molar-refractivity contribution is 5.64. The number of nitrogens with zero attached hydrogens (tertiary/aromatic N) is 2. The molecule has 0 atom stereocenters. The predicted octanol–water partition coefficient (Wildman–Crippen LogP) is 2.95. The lowest BCUT2D eigenvalue weighted by Gasteiger charge is -2.04. The van der Waals surface area contributed by atoms with Crippen molar-refractivity contribution in [1.82, 2.24) is 4.98 Å². The molecule has 0 saturated carbocycles.